The third-order valence-corrected chi connectivity index (χ3v) is 4.32. The SMILES string of the molecule is CCCC[N+](CCCC)(CCCC)Cc1ccccc1.[Br-].[Br-].[NH4+]. The molecule has 0 aliphatic rings. The highest BCUT2D eigenvalue weighted by Gasteiger charge is 2.25. The first-order valence-electron chi connectivity index (χ1n) is 8.65. The Balaban J connectivity index is -0.00000133. The van der Waals surface area contributed by atoms with E-state index in [0.29, 0.717) is 0 Å². The van der Waals surface area contributed by atoms with Crippen molar-refractivity contribution in [1.82, 2.24) is 6.15 Å². The summed E-state index contributed by atoms with van der Waals surface area (Å²) in [7, 11) is 0. The number of halogens is 2. The molecule has 1 rings (SSSR count). The molecule has 0 radical (unpaired) electrons. The average Bonchev–Trinajstić information content (AvgIpc) is 2.49. The third-order valence-electron chi connectivity index (χ3n) is 4.32. The van der Waals surface area contributed by atoms with Gasteiger partial charge in [0.15, 0.2) is 0 Å². The van der Waals surface area contributed by atoms with Crippen molar-refractivity contribution in [2.75, 3.05) is 19.6 Å². The molecule has 0 amide bonds. The van der Waals surface area contributed by atoms with E-state index >= 15 is 0 Å². The van der Waals surface area contributed by atoms with E-state index in [2.05, 4.69) is 51.1 Å². The van der Waals surface area contributed by atoms with Crippen molar-refractivity contribution in [3.8, 4) is 0 Å². The topological polar surface area (TPSA) is 36.5 Å². The van der Waals surface area contributed by atoms with Crippen LogP contribution in [-0.4, -0.2) is 24.1 Å². The molecule has 1 aromatic carbocycles. The summed E-state index contributed by atoms with van der Waals surface area (Å²) in [5, 5.41) is 0. The van der Waals surface area contributed by atoms with Gasteiger partial charge < -0.3 is 44.6 Å². The van der Waals surface area contributed by atoms with Gasteiger partial charge in [0, 0.05) is 5.56 Å². The molecule has 0 aliphatic heterocycles. The highest BCUT2D eigenvalue weighted by molar-refractivity contribution is 5.13. The fourth-order valence-corrected chi connectivity index (χ4v) is 3.02. The van der Waals surface area contributed by atoms with Gasteiger partial charge in [0.25, 0.3) is 0 Å². The van der Waals surface area contributed by atoms with E-state index in [4.69, 9.17) is 0 Å². The molecular formula is C19H38Br2N2. The van der Waals surface area contributed by atoms with E-state index in [1.807, 2.05) is 0 Å². The molecule has 2 nitrogen and oxygen atoms in total. The van der Waals surface area contributed by atoms with Crippen LogP contribution in [0.4, 0.5) is 0 Å². The van der Waals surface area contributed by atoms with Gasteiger partial charge in [0.05, 0.1) is 19.6 Å². The summed E-state index contributed by atoms with van der Waals surface area (Å²) in [6.07, 6.45) is 8.02. The summed E-state index contributed by atoms with van der Waals surface area (Å²) >= 11 is 0. The number of hydrogen-bond acceptors (Lipinski definition) is 0. The molecular weight excluding hydrogens is 416 g/mol. The van der Waals surface area contributed by atoms with Gasteiger partial charge in [0.1, 0.15) is 6.54 Å². The first-order chi connectivity index (χ1) is 9.76. The lowest BCUT2D eigenvalue weighted by Gasteiger charge is -2.39. The predicted octanol–water partition coefficient (Wildman–Crippen LogP) is -0.212. The minimum Gasteiger partial charge on any atom is -1.00 e. The molecule has 0 fully saturated rings. The lowest BCUT2D eigenvalue weighted by Crippen LogP contribution is -3.00. The van der Waals surface area contributed by atoms with Gasteiger partial charge in [-0.2, -0.15) is 0 Å². The summed E-state index contributed by atoms with van der Waals surface area (Å²) < 4.78 is 1.31. The fourth-order valence-electron chi connectivity index (χ4n) is 3.02. The van der Waals surface area contributed by atoms with Crippen molar-refractivity contribution in [3.05, 3.63) is 35.9 Å². The van der Waals surface area contributed by atoms with Gasteiger partial charge in [-0.05, 0) is 19.3 Å². The summed E-state index contributed by atoms with van der Waals surface area (Å²) in [5.41, 5.74) is 1.51. The molecule has 1 aromatic rings. The van der Waals surface area contributed by atoms with Crippen LogP contribution >= 0.6 is 0 Å². The maximum absolute atomic E-state index is 2.32. The Kier molecular flexibility index (Phi) is 20.6. The molecule has 0 aromatic heterocycles. The lowest BCUT2D eigenvalue weighted by atomic mass is 10.1. The van der Waals surface area contributed by atoms with Crippen LogP contribution < -0.4 is 40.1 Å². The van der Waals surface area contributed by atoms with Crippen molar-refractivity contribution in [1.29, 1.82) is 0 Å². The van der Waals surface area contributed by atoms with E-state index in [-0.39, 0.29) is 40.1 Å². The molecule has 0 atom stereocenters. The zero-order valence-corrected chi connectivity index (χ0v) is 18.8. The van der Waals surface area contributed by atoms with Gasteiger partial charge >= 0.3 is 0 Å². The Morgan fingerprint density at radius 1 is 0.696 bits per heavy atom. The normalized spacial score (nSPS) is 10.2. The zero-order chi connectivity index (χ0) is 14.7. The number of rotatable bonds is 11. The van der Waals surface area contributed by atoms with Crippen LogP contribution in [0.1, 0.15) is 64.9 Å². The molecule has 0 aliphatic carbocycles. The quantitative estimate of drug-likeness (QED) is 0.450. The predicted molar refractivity (Wildman–Crippen MR) is 95.7 cm³/mol. The summed E-state index contributed by atoms with van der Waals surface area (Å²) in [5.74, 6) is 0. The Hall–Kier alpha value is 0.1000. The van der Waals surface area contributed by atoms with Crippen molar-refractivity contribution in [2.45, 2.75) is 65.8 Å². The van der Waals surface area contributed by atoms with E-state index in [1.165, 1.54) is 74.8 Å². The lowest BCUT2D eigenvalue weighted by molar-refractivity contribution is -0.941. The van der Waals surface area contributed by atoms with Crippen LogP contribution in [0, 0.1) is 0 Å². The number of nitrogens with zero attached hydrogens (tertiary/aromatic N) is 1. The number of benzene rings is 1. The van der Waals surface area contributed by atoms with Crippen LogP contribution in [0.2, 0.25) is 0 Å². The van der Waals surface area contributed by atoms with Gasteiger partial charge in [-0.25, -0.2) is 0 Å². The molecule has 23 heavy (non-hydrogen) atoms. The number of hydrogen-bond donors (Lipinski definition) is 1. The standard InChI is InChI=1S/C19H34N.2BrH.H3N/c1-4-7-15-20(16-8-5-2,17-9-6-3)18-19-13-11-10-12-14-19;;;/h10-14H,4-9,15-18H2,1-3H3;2*1H;1H3/q+1;;;/p-1. The maximum atomic E-state index is 2.32. The second-order valence-corrected chi connectivity index (χ2v) is 6.22. The van der Waals surface area contributed by atoms with Crippen molar-refractivity contribution in [3.63, 3.8) is 0 Å². The van der Waals surface area contributed by atoms with Crippen LogP contribution in [0.25, 0.3) is 0 Å². The molecule has 0 heterocycles. The molecule has 138 valence electrons. The van der Waals surface area contributed by atoms with Crippen LogP contribution in [0.3, 0.4) is 0 Å². The first kappa shape index (κ1) is 27.9. The Bertz CT molecular complexity index is 323. The molecule has 0 saturated heterocycles. The number of unbranched alkanes of at least 4 members (excludes halogenated alkanes) is 3. The second kappa shape index (κ2) is 16.9. The van der Waals surface area contributed by atoms with Crippen molar-refractivity contribution >= 4 is 0 Å². The molecule has 4 heteroatoms. The minimum atomic E-state index is 0. The monoisotopic (exact) mass is 452 g/mol. The largest absolute Gasteiger partial charge is 1.00 e. The summed E-state index contributed by atoms with van der Waals surface area (Å²) in [4.78, 5) is 0. The van der Waals surface area contributed by atoms with Crippen molar-refractivity contribution < 1.29 is 38.4 Å². The van der Waals surface area contributed by atoms with E-state index in [9.17, 15) is 0 Å². The smallest absolute Gasteiger partial charge is 0.104 e. The minimum absolute atomic E-state index is 0. The summed E-state index contributed by atoms with van der Waals surface area (Å²) in [6.45, 7) is 12.2. The van der Waals surface area contributed by atoms with Gasteiger partial charge in [0.2, 0.25) is 0 Å². The molecule has 0 saturated carbocycles. The van der Waals surface area contributed by atoms with E-state index in [0.717, 1.165) is 0 Å². The Morgan fingerprint density at radius 2 is 1.09 bits per heavy atom. The molecule has 0 bridgehead atoms. The average molecular weight is 454 g/mol. The molecule has 0 unspecified atom stereocenters. The van der Waals surface area contributed by atoms with Gasteiger partial charge in [-0.15, -0.1) is 0 Å². The second-order valence-electron chi connectivity index (χ2n) is 6.22. The third kappa shape index (κ3) is 11.3. The first-order valence-corrected chi connectivity index (χ1v) is 8.65. The number of quaternary nitrogens is 2. The van der Waals surface area contributed by atoms with Gasteiger partial charge in [-0.1, -0.05) is 70.4 Å². The zero-order valence-electron chi connectivity index (χ0n) is 15.7. The highest BCUT2D eigenvalue weighted by Crippen LogP contribution is 2.19. The summed E-state index contributed by atoms with van der Waals surface area (Å²) in [6, 6.07) is 11.1. The fraction of sp³-hybridized carbons (Fsp3) is 0.684. The Morgan fingerprint density at radius 3 is 1.43 bits per heavy atom. The molecule has 4 N–H and O–H groups in total. The van der Waals surface area contributed by atoms with E-state index < -0.39 is 0 Å². The van der Waals surface area contributed by atoms with E-state index in [1.54, 1.807) is 0 Å². The maximum Gasteiger partial charge on any atom is 0.104 e. The highest BCUT2D eigenvalue weighted by atomic mass is 79.9. The van der Waals surface area contributed by atoms with Gasteiger partial charge in [-0.3, -0.25) is 0 Å². The van der Waals surface area contributed by atoms with Crippen molar-refractivity contribution in [2.24, 2.45) is 0 Å². The molecule has 0 spiro atoms. The van der Waals surface area contributed by atoms with Crippen LogP contribution in [0.15, 0.2) is 30.3 Å². The Labute approximate surface area is 165 Å². The van der Waals surface area contributed by atoms with Crippen LogP contribution in [-0.2, 0) is 6.54 Å². The van der Waals surface area contributed by atoms with Crippen LogP contribution in [0.5, 0.6) is 0 Å².